The summed E-state index contributed by atoms with van der Waals surface area (Å²) in [4.78, 5) is 11.0. The average Bonchev–Trinajstić information content (AvgIpc) is 2.51. The van der Waals surface area contributed by atoms with Gasteiger partial charge in [0.25, 0.3) is 10.0 Å². The zero-order valence-corrected chi connectivity index (χ0v) is 14.8. The number of anilines is 1. The van der Waals surface area contributed by atoms with E-state index in [0.29, 0.717) is 15.8 Å². The molecule has 2 rings (SSSR count). The highest BCUT2D eigenvalue weighted by Gasteiger charge is 2.15. The van der Waals surface area contributed by atoms with Crippen LogP contribution in [-0.4, -0.2) is 28.1 Å². The highest BCUT2D eigenvalue weighted by atomic mass is 35.5. The smallest absolute Gasteiger partial charge is 0.343 e. The van der Waals surface area contributed by atoms with Gasteiger partial charge < -0.3 is 9.47 Å². The van der Waals surface area contributed by atoms with Crippen molar-refractivity contribution < 1.29 is 22.7 Å². The minimum absolute atomic E-state index is 0.0176. The average molecular weight is 390 g/mol. The van der Waals surface area contributed by atoms with Gasteiger partial charge in [0.1, 0.15) is 5.75 Å². The molecule has 0 aromatic heterocycles. The van der Waals surface area contributed by atoms with Gasteiger partial charge in [0.05, 0.1) is 17.7 Å². The summed E-state index contributed by atoms with van der Waals surface area (Å²) in [6.45, 7) is -0.262. The first-order valence-electron chi connectivity index (χ1n) is 6.59. The summed E-state index contributed by atoms with van der Waals surface area (Å²) in [5.74, 6) is -0.198. The third kappa shape index (κ3) is 5.02. The molecule has 0 aliphatic carbocycles. The summed E-state index contributed by atoms with van der Waals surface area (Å²) in [7, 11) is -2.57. The first-order valence-corrected chi connectivity index (χ1v) is 8.82. The van der Waals surface area contributed by atoms with Crippen molar-refractivity contribution in [3.8, 4) is 5.75 Å². The molecule has 0 aliphatic heterocycles. The second kappa shape index (κ2) is 7.74. The summed E-state index contributed by atoms with van der Waals surface area (Å²) < 4.78 is 36.7. The second-order valence-electron chi connectivity index (χ2n) is 4.60. The van der Waals surface area contributed by atoms with E-state index >= 15 is 0 Å². The number of nitrogens with one attached hydrogen (secondary N) is 1. The molecule has 24 heavy (non-hydrogen) atoms. The molecule has 0 amide bonds. The number of methoxy groups -OCH3 is 1. The van der Waals surface area contributed by atoms with E-state index in [1.54, 1.807) is 0 Å². The van der Waals surface area contributed by atoms with Gasteiger partial charge in [-0.15, -0.1) is 0 Å². The summed E-state index contributed by atoms with van der Waals surface area (Å²) >= 11 is 11.7. The van der Waals surface area contributed by atoms with Crippen molar-refractivity contribution in [3.63, 3.8) is 0 Å². The van der Waals surface area contributed by atoms with Crippen LogP contribution in [0, 0.1) is 0 Å². The second-order valence-corrected chi connectivity index (χ2v) is 7.16. The Hall–Kier alpha value is -1.96. The number of halogens is 2. The van der Waals surface area contributed by atoms with E-state index in [9.17, 15) is 13.2 Å². The Kier molecular flexibility index (Phi) is 5.93. The number of ether oxygens (including phenoxy) is 2. The van der Waals surface area contributed by atoms with Crippen LogP contribution in [0.4, 0.5) is 5.69 Å². The van der Waals surface area contributed by atoms with Crippen molar-refractivity contribution in [2.75, 3.05) is 18.4 Å². The van der Waals surface area contributed by atoms with Gasteiger partial charge in [-0.2, -0.15) is 0 Å². The van der Waals surface area contributed by atoms with Gasteiger partial charge in [-0.3, -0.25) is 4.72 Å². The SMILES string of the molecule is COC(=O)COc1ccc(S(=O)(=O)Nc2cc(Cl)cc(Cl)c2)cc1. The first kappa shape index (κ1) is 18.4. The topological polar surface area (TPSA) is 81.7 Å². The number of rotatable bonds is 6. The molecule has 0 bridgehead atoms. The minimum atomic E-state index is -3.81. The molecular weight excluding hydrogens is 377 g/mol. The molecule has 0 radical (unpaired) electrons. The van der Waals surface area contributed by atoms with Crippen LogP contribution in [0.3, 0.4) is 0 Å². The van der Waals surface area contributed by atoms with Crippen LogP contribution >= 0.6 is 23.2 Å². The molecule has 1 N–H and O–H groups in total. The van der Waals surface area contributed by atoms with Gasteiger partial charge in [-0.05, 0) is 42.5 Å². The maximum atomic E-state index is 12.3. The minimum Gasteiger partial charge on any atom is -0.482 e. The lowest BCUT2D eigenvalue weighted by atomic mass is 10.3. The Bertz CT molecular complexity index is 817. The molecule has 9 heteroatoms. The molecule has 2 aromatic rings. The highest BCUT2D eigenvalue weighted by Crippen LogP contribution is 2.25. The van der Waals surface area contributed by atoms with E-state index < -0.39 is 16.0 Å². The van der Waals surface area contributed by atoms with Crippen molar-refractivity contribution in [1.29, 1.82) is 0 Å². The molecule has 0 aliphatic rings. The Morgan fingerprint density at radius 3 is 2.21 bits per heavy atom. The van der Waals surface area contributed by atoms with Crippen LogP contribution in [0.25, 0.3) is 0 Å². The van der Waals surface area contributed by atoms with E-state index in [1.165, 1.54) is 49.6 Å². The van der Waals surface area contributed by atoms with Gasteiger partial charge in [0.2, 0.25) is 0 Å². The summed E-state index contributed by atoms with van der Waals surface area (Å²) in [6.07, 6.45) is 0. The Balaban J connectivity index is 2.13. The molecule has 0 saturated heterocycles. The van der Waals surface area contributed by atoms with Crippen LogP contribution in [0.15, 0.2) is 47.4 Å². The maximum Gasteiger partial charge on any atom is 0.343 e. The van der Waals surface area contributed by atoms with Crippen molar-refractivity contribution in [3.05, 3.63) is 52.5 Å². The molecule has 2 aromatic carbocycles. The molecule has 0 fully saturated rings. The van der Waals surface area contributed by atoms with Crippen molar-refractivity contribution in [2.24, 2.45) is 0 Å². The van der Waals surface area contributed by atoms with Crippen molar-refractivity contribution in [1.82, 2.24) is 0 Å². The highest BCUT2D eigenvalue weighted by molar-refractivity contribution is 7.92. The standard InChI is InChI=1S/C15H13Cl2NO5S/c1-22-15(19)9-23-13-2-4-14(5-3-13)24(20,21)18-12-7-10(16)6-11(17)8-12/h2-8,18H,9H2,1H3. The van der Waals surface area contributed by atoms with E-state index in [4.69, 9.17) is 27.9 Å². The van der Waals surface area contributed by atoms with Crippen molar-refractivity contribution >= 4 is 44.9 Å². The summed E-state index contributed by atoms with van der Waals surface area (Å²) in [5, 5.41) is 0.624. The lowest BCUT2D eigenvalue weighted by molar-refractivity contribution is -0.142. The quantitative estimate of drug-likeness (QED) is 0.766. The molecule has 0 heterocycles. The summed E-state index contributed by atoms with van der Waals surface area (Å²) in [5.41, 5.74) is 0.249. The van der Waals surface area contributed by atoms with Crippen LogP contribution in [0.2, 0.25) is 10.0 Å². The van der Waals surface area contributed by atoms with Crippen LogP contribution < -0.4 is 9.46 Å². The predicted octanol–water partition coefficient (Wildman–Crippen LogP) is 3.35. The monoisotopic (exact) mass is 389 g/mol. The predicted molar refractivity (Wildman–Crippen MR) is 91.2 cm³/mol. The van der Waals surface area contributed by atoms with Crippen LogP contribution in [0.5, 0.6) is 5.75 Å². The fourth-order valence-corrected chi connectivity index (χ4v) is 3.31. The normalized spacial score (nSPS) is 11.0. The van der Waals surface area contributed by atoms with E-state index in [0.717, 1.165) is 0 Å². The van der Waals surface area contributed by atoms with E-state index in [2.05, 4.69) is 9.46 Å². The van der Waals surface area contributed by atoms with Crippen LogP contribution in [0.1, 0.15) is 0 Å². The molecular formula is C15H13Cl2NO5S. The Labute approximate surface area is 149 Å². The molecule has 0 spiro atoms. The maximum absolute atomic E-state index is 12.3. The zero-order chi connectivity index (χ0) is 17.7. The van der Waals surface area contributed by atoms with Gasteiger partial charge in [-0.25, -0.2) is 13.2 Å². The zero-order valence-electron chi connectivity index (χ0n) is 12.5. The Morgan fingerprint density at radius 2 is 1.67 bits per heavy atom. The third-order valence-electron chi connectivity index (χ3n) is 2.83. The van der Waals surface area contributed by atoms with Crippen molar-refractivity contribution in [2.45, 2.75) is 4.90 Å². The van der Waals surface area contributed by atoms with Crippen LogP contribution in [-0.2, 0) is 19.6 Å². The molecule has 0 unspecified atom stereocenters. The Morgan fingerprint density at radius 1 is 1.08 bits per heavy atom. The number of esters is 1. The number of benzene rings is 2. The third-order valence-corrected chi connectivity index (χ3v) is 4.67. The van der Waals surface area contributed by atoms with Gasteiger partial charge in [0, 0.05) is 10.0 Å². The fourth-order valence-electron chi connectivity index (χ4n) is 1.74. The lowest BCUT2D eigenvalue weighted by Gasteiger charge is -2.10. The number of hydrogen-bond acceptors (Lipinski definition) is 5. The number of hydrogen-bond donors (Lipinski definition) is 1. The molecule has 0 atom stereocenters. The fraction of sp³-hybridized carbons (Fsp3) is 0.133. The number of carbonyl (C=O) groups excluding carboxylic acids is 1. The molecule has 128 valence electrons. The van der Waals surface area contributed by atoms with Gasteiger partial charge in [0.15, 0.2) is 6.61 Å². The molecule has 6 nitrogen and oxygen atoms in total. The molecule has 0 saturated carbocycles. The van der Waals surface area contributed by atoms with Gasteiger partial charge in [-0.1, -0.05) is 23.2 Å². The van der Waals surface area contributed by atoms with E-state index in [1.807, 2.05) is 0 Å². The van der Waals surface area contributed by atoms with E-state index in [-0.39, 0.29) is 17.2 Å². The van der Waals surface area contributed by atoms with Gasteiger partial charge >= 0.3 is 5.97 Å². The number of sulfonamides is 1. The first-order chi connectivity index (χ1) is 11.3. The lowest BCUT2D eigenvalue weighted by Crippen LogP contribution is -2.14. The number of carbonyl (C=O) groups is 1. The summed E-state index contributed by atoms with van der Waals surface area (Å²) in [6, 6.07) is 9.94. The largest absolute Gasteiger partial charge is 0.482 e.